The minimum Gasteiger partial charge on any atom is -0.467 e. The van der Waals surface area contributed by atoms with Gasteiger partial charge in [0.1, 0.15) is 5.76 Å². The molecule has 0 fully saturated rings. The molecular weight excluding hydrogens is 464 g/mol. The Morgan fingerprint density at radius 1 is 1.10 bits per heavy atom. The van der Waals surface area contributed by atoms with Crippen molar-refractivity contribution in [3.63, 3.8) is 0 Å². The molecule has 30 heavy (non-hydrogen) atoms. The number of carbonyl (C=O) groups excluding carboxylic acids is 1. The van der Waals surface area contributed by atoms with Crippen LogP contribution in [-0.4, -0.2) is 31.3 Å². The van der Waals surface area contributed by atoms with Gasteiger partial charge >= 0.3 is 0 Å². The van der Waals surface area contributed by atoms with Gasteiger partial charge < -0.3 is 4.42 Å². The van der Waals surface area contributed by atoms with Crippen molar-refractivity contribution in [1.29, 1.82) is 0 Å². The van der Waals surface area contributed by atoms with Gasteiger partial charge in [-0.15, -0.1) is 10.2 Å². The van der Waals surface area contributed by atoms with Crippen LogP contribution < -0.4 is 0 Å². The highest BCUT2D eigenvalue weighted by Gasteiger charge is 2.16. The number of thioether (sulfide) groups is 1. The summed E-state index contributed by atoms with van der Waals surface area (Å²) in [6, 6.07) is 15.1. The zero-order chi connectivity index (χ0) is 20.8. The van der Waals surface area contributed by atoms with Crippen LogP contribution >= 0.6 is 27.7 Å². The molecule has 152 valence electrons. The van der Waals surface area contributed by atoms with Crippen LogP contribution in [0.2, 0.25) is 0 Å². The topological polar surface area (TPSA) is 73.8 Å². The van der Waals surface area contributed by atoms with Gasteiger partial charge in [0.25, 0.3) is 0 Å². The van der Waals surface area contributed by atoms with E-state index in [1.54, 1.807) is 30.4 Å². The molecule has 0 spiro atoms. The number of hydrogen-bond acceptors (Lipinski definition) is 6. The lowest BCUT2D eigenvalue weighted by atomic mass is 10.1. The number of carbonyl (C=O) groups is 1. The van der Waals surface area contributed by atoms with Crippen LogP contribution in [0.15, 0.2) is 81.2 Å². The molecule has 0 radical (unpaired) electrons. The Morgan fingerprint density at radius 3 is 2.70 bits per heavy atom. The third-order valence-corrected chi connectivity index (χ3v) is 6.06. The molecule has 3 heterocycles. The summed E-state index contributed by atoms with van der Waals surface area (Å²) in [6.07, 6.45) is 6.42. The lowest BCUT2D eigenvalue weighted by molar-refractivity contribution is 0.0982. The summed E-state index contributed by atoms with van der Waals surface area (Å²) in [5.74, 6) is 2.49. The van der Waals surface area contributed by atoms with E-state index in [-0.39, 0.29) is 5.78 Å². The van der Waals surface area contributed by atoms with E-state index in [2.05, 4.69) is 31.1 Å². The molecule has 0 saturated heterocycles. The first-order valence-electron chi connectivity index (χ1n) is 9.48. The van der Waals surface area contributed by atoms with E-state index in [4.69, 9.17) is 4.42 Å². The Bertz CT molecular complexity index is 1100. The van der Waals surface area contributed by atoms with Crippen molar-refractivity contribution in [2.24, 2.45) is 0 Å². The van der Waals surface area contributed by atoms with Gasteiger partial charge in [-0.05, 0) is 42.8 Å². The molecule has 0 aliphatic carbocycles. The molecule has 0 aliphatic heterocycles. The highest BCUT2D eigenvalue weighted by atomic mass is 79.9. The Morgan fingerprint density at radius 2 is 1.97 bits per heavy atom. The van der Waals surface area contributed by atoms with Crippen molar-refractivity contribution < 1.29 is 9.21 Å². The van der Waals surface area contributed by atoms with Gasteiger partial charge in [-0.2, -0.15) is 0 Å². The molecule has 8 heteroatoms. The second-order valence-corrected chi connectivity index (χ2v) is 8.57. The summed E-state index contributed by atoms with van der Waals surface area (Å²) < 4.78 is 8.51. The first-order chi connectivity index (χ1) is 14.7. The molecule has 0 atom stereocenters. The molecule has 0 amide bonds. The summed E-state index contributed by atoms with van der Waals surface area (Å²) >= 11 is 4.98. The van der Waals surface area contributed by atoms with Gasteiger partial charge in [0.2, 0.25) is 0 Å². The molecule has 1 aromatic carbocycles. The maximum absolute atomic E-state index is 12.4. The minimum atomic E-state index is 0.149. The maximum atomic E-state index is 12.4. The van der Waals surface area contributed by atoms with E-state index < -0.39 is 0 Å². The predicted molar refractivity (Wildman–Crippen MR) is 119 cm³/mol. The molecule has 0 aliphatic rings. The van der Waals surface area contributed by atoms with Crippen LogP contribution in [0.5, 0.6) is 0 Å². The summed E-state index contributed by atoms with van der Waals surface area (Å²) in [4.78, 5) is 16.5. The third-order valence-electron chi connectivity index (χ3n) is 4.48. The predicted octanol–water partition coefficient (Wildman–Crippen LogP) is 5.50. The Kier molecular flexibility index (Phi) is 6.76. The summed E-state index contributed by atoms with van der Waals surface area (Å²) in [5.41, 5.74) is 1.64. The van der Waals surface area contributed by atoms with Gasteiger partial charge in [0, 0.05) is 40.2 Å². The minimum absolute atomic E-state index is 0.149. The number of pyridine rings is 1. The first-order valence-corrected chi connectivity index (χ1v) is 11.3. The number of furan rings is 1. The molecule has 0 N–H and O–H groups in total. The molecule has 4 rings (SSSR count). The molecule has 4 aromatic rings. The van der Waals surface area contributed by atoms with Crippen LogP contribution in [0.25, 0.3) is 11.4 Å². The number of nitrogens with zero attached hydrogens (tertiary/aromatic N) is 4. The highest BCUT2D eigenvalue weighted by molar-refractivity contribution is 9.10. The quantitative estimate of drug-likeness (QED) is 0.178. The monoisotopic (exact) mass is 482 g/mol. The summed E-state index contributed by atoms with van der Waals surface area (Å²) in [6.45, 7) is 0.532. The average molecular weight is 483 g/mol. The van der Waals surface area contributed by atoms with Crippen molar-refractivity contribution in [3.8, 4) is 11.4 Å². The number of hydrogen-bond donors (Lipinski definition) is 0. The van der Waals surface area contributed by atoms with Crippen LogP contribution in [0.4, 0.5) is 0 Å². The largest absolute Gasteiger partial charge is 0.467 e. The van der Waals surface area contributed by atoms with Crippen molar-refractivity contribution in [1.82, 2.24) is 19.7 Å². The fraction of sp³-hybridized carbons (Fsp3) is 0.182. The maximum Gasteiger partial charge on any atom is 0.191 e. The molecule has 3 aromatic heterocycles. The first kappa shape index (κ1) is 20.6. The fourth-order valence-electron chi connectivity index (χ4n) is 2.98. The van der Waals surface area contributed by atoms with Crippen molar-refractivity contribution in [2.75, 3.05) is 5.75 Å². The summed E-state index contributed by atoms with van der Waals surface area (Å²) in [7, 11) is 0. The number of halogens is 1. The van der Waals surface area contributed by atoms with Gasteiger partial charge in [-0.3, -0.25) is 14.3 Å². The molecule has 0 unspecified atom stereocenters. The normalized spacial score (nSPS) is 11.0. The Labute approximate surface area is 186 Å². The van der Waals surface area contributed by atoms with E-state index in [1.165, 1.54) is 0 Å². The molecule has 6 nitrogen and oxygen atoms in total. The summed E-state index contributed by atoms with van der Waals surface area (Å²) in [5, 5.41) is 9.54. The van der Waals surface area contributed by atoms with Crippen molar-refractivity contribution >= 4 is 33.5 Å². The van der Waals surface area contributed by atoms with E-state index in [0.717, 1.165) is 44.5 Å². The second kappa shape index (κ2) is 9.86. The van der Waals surface area contributed by atoms with E-state index in [9.17, 15) is 4.79 Å². The lowest BCUT2D eigenvalue weighted by Crippen LogP contribution is -2.04. The Hall–Kier alpha value is -2.71. The van der Waals surface area contributed by atoms with Gasteiger partial charge in [-0.25, -0.2) is 0 Å². The highest BCUT2D eigenvalue weighted by Crippen LogP contribution is 2.26. The van der Waals surface area contributed by atoms with Crippen LogP contribution in [0.1, 0.15) is 29.0 Å². The van der Waals surface area contributed by atoms with Crippen LogP contribution in [-0.2, 0) is 6.54 Å². The number of rotatable bonds is 9. The lowest BCUT2D eigenvalue weighted by Gasteiger charge is -2.08. The number of benzene rings is 1. The van der Waals surface area contributed by atoms with Gasteiger partial charge in [-0.1, -0.05) is 39.8 Å². The van der Waals surface area contributed by atoms with Crippen LogP contribution in [0.3, 0.4) is 0 Å². The zero-order valence-corrected chi connectivity index (χ0v) is 18.5. The van der Waals surface area contributed by atoms with E-state index >= 15 is 0 Å². The van der Waals surface area contributed by atoms with Crippen molar-refractivity contribution in [2.45, 2.75) is 24.5 Å². The van der Waals surface area contributed by atoms with Crippen molar-refractivity contribution in [3.05, 3.63) is 83.0 Å². The van der Waals surface area contributed by atoms with E-state index in [1.807, 2.05) is 53.1 Å². The zero-order valence-electron chi connectivity index (χ0n) is 16.1. The standard InChI is InChI=1S/C22H19BrN4O2S/c23-18-9-7-16(8-10-18)20(28)6-3-13-30-22-26-25-21(17-4-1-11-24-14-17)27(22)15-19-5-2-12-29-19/h1-2,4-5,7-12,14H,3,6,13,15H2. The van der Waals surface area contributed by atoms with E-state index in [0.29, 0.717) is 13.0 Å². The Balaban J connectivity index is 1.42. The van der Waals surface area contributed by atoms with Crippen LogP contribution in [0, 0.1) is 0 Å². The second-order valence-electron chi connectivity index (χ2n) is 6.60. The number of Topliss-reactive ketones (excluding diaryl/α,β-unsaturated/α-hetero) is 1. The molecular formula is C22H19BrN4O2S. The van der Waals surface area contributed by atoms with Gasteiger partial charge in [0.05, 0.1) is 12.8 Å². The fourth-order valence-corrected chi connectivity index (χ4v) is 4.12. The third kappa shape index (κ3) is 5.06. The SMILES string of the molecule is O=C(CCCSc1nnc(-c2cccnc2)n1Cc1ccco1)c1ccc(Br)cc1. The number of aromatic nitrogens is 4. The molecule has 0 saturated carbocycles. The van der Waals surface area contributed by atoms with Gasteiger partial charge in [0.15, 0.2) is 16.8 Å². The molecule has 0 bridgehead atoms. The number of ketones is 1. The smallest absolute Gasteiger partial charge is 0.191 e. The average Bonchev–Trinajstić information content (AvgIpc) is 3.43.